The molecule has 0 unspecified atom stereocenters. The quantitative estimate of drug-likeness (QED) is 0.404. The van der Waals surface area contributed by atoms with Crippen molar-refractivity contribution in [1.82, 2.24) is 5.32 Å². The number of hydrogen-bond donors (Lipinski definition) is 3. The van der Waals surface area contributed by atoms with Gasteiger partial charge in [0.2, 0.25) is 5.91 Å². The molecule has 1 rings (SSSR count). The number of hydrogen-bond acceptors (Lipinski definition) is 7. The predicted octanol–water partition coefficient (Wildman–Crippen LogP) is 2.49. The minimum atomic E-state index is -0.721. The van der Waals surface area contributed by atoms with Gasteiger partial charge in [-0.25, -0.2) is 0 Å². The molecule has 0 fully saturated rings. The number of ketones is 2. The standard InChI is InChI=1S/C21H33N3O3S2/c1-14(25)16(11-15-9-7-6-8-10-15)24-13-17(26)19(23)21(4,5)29-28-20(2,3)12-18(22)27/h6-10,16,19,24H,11-13,23H2,1-5H3,(H2,22,27)/t16-,19+/m0/s1. The maximum atomic E-state index is 12.7. The molecule has 8 heteroatoms. The van der Waals surface area contributed by atoms with Gasteiger partial charge >= 0.3 is 0 Å². The van der Waals surface area contributed by atoms with Crippen LogP contribution in [0.25, 0.3) is 0 Å². The number of nitrogens with two attached hydrogens (primary N) is 2. The van der Waals surface area contributed by atoms with Crippen LogP contribution in [-0.4, -0.2) is 45.6 Å². The molecule has 1 amide bonds. The molecule has 0 aliphatic rings. The van der Waals surface area contributed by atoms with E-state index in [1.165, 1.54) is 28.5 Å². The number of amides is 1. The number of carbonyl (C=O) groups is 3. The molecule has 29 heavy (non-hydrogen) atoms. The molecule has 162 valence electrons. The van der Waals surface area contributed by atoms with Gasteiger partial charge in [-0.3, -0.25) is 14.4 Å². The van der Waals surface area contributed by atoms with Crippen LogP contribution in [0.4, 0.5) is 0 Å². The maximum Gasteiger partial charge on any atom is 0.218 e. The summed E-state index contributed by atoms with van der Waals surface area (Å²) in [5.41, 5.74) is 12.6. The highest BCUT2D eigenvalue weighted by molar-refractivity contribution is 8.77. The Kier molecular flexibility index (Phi) is 9.88. The number of nitrogens with one attached hydrogen (secondary N) is 1. The lowest BCUT2D eigenvalue weighted by molar-refractivity contribution is -0.121. The second-order valence-corrected chi connectivity index (χ2v) is 11.8. The molecule has 6 nitrogen and oxygen atoms in total. The monoisotopic (exact) mass is 439 g/mol. The fourth-order valence-electron chi connectivity index (χ4n) is 2.65. The largest absolute Gasteiger partial charge is 0.370 e. The Bertz CT molecular complexity index is 708. The van der Waals surface area contributed by atoms with Crippen LogP contribution in [0, 0.1) is 0 Å². The van der Waals surface area contributed by atoms with Gasteiger partial charge in [0, 0.05) is 15.9 Å². The first kappa shape index (κ1) is 25.7. The molecule has 0 saturated carbocycles. The van der Waals surface area contributed by atoms with Crippen molar-refractivity contribution >= 4 is 39.1 Å². The van der Waals surface area contributed by atoms with Crippen LogP contribution in [0.2, 0.25) is 0 Å². The van der Waals surface area contributed by atoms with E-state index in [-0.39, 0.29) is 35.2 Å². The number of carbonyl (C=O) groups excluding carboxylic acids is 3. The Balaban J connectivity index is 2.64. The normalized spacial score (nSPS) is 14.3. The Morgan fingerprint density at radius 1 is 1.07 bits per heavy atom. The lowest BCUT2D eigenvalue weighted by Crippen LogP contribution is -2.51. The first-order chi connectivity index (χ1) is 13.3. The van der Waals surface area contributed by atoms with E-state index in [0.717, 1.165) is 5.56 Å². The van der Waals surface area contributed by atoms with Gasteiger partial charge in [-0.15, -0.1) is 0 Å². The maximum absolute atomic E-state index is 12.7. The zero-order chi connectivity index (χ0) is 22.2. The van der Waals surface area contributed by atoms with Crippen LogP contribution in [0.3, 0.4) is 0 Å². The second kappa shape index (κ2) is 11.2. The van der Waals surface area contributed by atoms with Crippen LogP contribution in [0.1, 0.15) is 46.6 Å². The van der Waals surface area contributed by atoms with E-state index < -0.39 is 16.8 Å². The molecule has 1 aromatic carbocycles. The highest BCUT2D eigenvalue weighted by atomic mass is 33.1. The molecule has 2 atom stereocenters. The minimum absolute atomic E-state index is 0.0207. The molecule has 0 saturated heterocycles. The highest BCUT2D eigenvalue weighted by Gasteiger charge is 2.35. The van der Waals surface area contributed by atoms with Crippen LogP contribution < -0.4 is 16.8 Å². The summed E-state index contributed by atoms with van der Waals surface area (Å²) >= 11 is 0. The molecule has 0 aliphatic carbocycles. The van der Waals surface area contributed by atoms with E-state index in [4.69, 9.17) is 11.5 Å². The molecule has 0 spiro atoms. The topological polar surface area (TPSA) is 115 Å². The minimum Gasteiger partial charge on any atom is -0.370 e. The molecule has 0 radical (unpaired) electrons. The average Bonchev–Trinajstić information content (AvgIpc) is 2.62. The Labute approximate surface area is 181 Å². The van der Waals surface area contributed by atoms with Crippen molar-refractivity contribution in [2.75, 3.05) is 6.54 Å². The zero-order valence-corrected chi connectivity index (χ0v) is 19.5. The van der Waals surface area contributed by atoms with Crippen LogP contribution in [0.15, 0.2) is 30.3 Å². The molecule has 0 bridgehead atoms. The molecule has 1 aromatic rings. The predicted molar refractivity (Wildman–Crippen MR) is 123 cm³/mol. The number of rotatable bonds is 13. The van der Waals surface area contributed by atoms with Crippen molar-refractivity contribution in [3.05, 3.63) is 35.9 Å². The number of primary amides is 1. The third-order valence-corrected chi connectivity index (χ3v) is 8.73. The van der Waals surface area contributed by atoms with E-state index in [1.54, 1.807) is 0 Å². The van der Waals surface area contributed by atoms with Crippen molar-refractivity contribution in [3.63, 3.8) is 0 Å². The summed E-state index contributed by atoms with van der Waals surface area (Å²) in [6, 6.07) is 8.51. The van der Waals surface area contributed by atoms with Crippen LogP contribution in [0.5, 0.6) is 0 Å². The zero-order valence-electron chi connectivity index (χ0n) is 17.9. The molecule has 0 aliphatic heterocycles. The molecule has 0 aromatic heterocycles. The first-order valence-corrected chi connectivity index (χ1v) is 11.7. The molecule has 0 heterocycles. The van der Waals surface area contributed by atoms with E-state index in [0.29, 0.717) is 6.42 Å². The van der Waals surface area contributed by atoms with Gasteiger partial charge in [-0.1, -0.05) is 51.9 Å². The van der Waals surface area contributed by atoms with Crippen molar-refractivity contribution < 1.29 is 14.4 Å². The third-order valence-electron chi connectivity index (χ3n) is 4.47. The van der Waals surface area contributed by atoms with E-state index >= 15 is 0 Å². The Morgan fingerprint density at radius 2 is 1.66 bits per heavy atom. The van der Waals surface area contributed by atoms with E-state index in [9.17, 15) is 14.4 Å². The van der Waals surface area contributed by atoms with Gasteiger partial charge in [0.05, 0.1) is 18.6 Å². The van der Waals surface area contributed by atoms with Gasteiger partial charge in [-0.05, 0) is 46.6 Å². The van der Waals surface area contributed by atoms with Crippen molar-refractivity contribution in [2.45, 2.75) is 69.0 Å². The summed E-state index contributed by atoms with van der Waals surface area (Å²) in [7, 11) is 2.98. The van der Waals surface area contributed by atoms with Gasteiger partial charge in [0.15, 0.2) is 5.78 Å². The van der Waals surface area contributed by atoms with E-state index in [2.05, 4.69) is 5.32 Å². The lowest BCUT2D eigenvalue weighted by atomic mass is 9.98. The Morgan fingerprint density at radius 3 is 2.17 bits per heavy atom. The smallest absolute Gasteiger partial charge is 0.218 e. The summed E-state index contributed by atoms with van der Waals surface area (Å²) in [5.74, 6) is -0.540. The third kappa shape index (κ3) is 9.33. The average molecular weight is 440 g/mol. The summed E-state index contributed by atoms with van der Waals surface area (Å²) in [4.78, 5) is 35.9. The summed E-state index contributed by atoms with van der Waals surface area (Å²) in [6.45, 7) is 9.21. The van der Waals surface area contributed by atoms with Crippen molar-refractivity contribution in [1.29, 1.82) is 0 Å². The fraction of sp³-hybridized carbons (Fsp3) is 0.571. The number of benzene rings is 1. The molecule has 5 N–H and O–H groups in total. The SMILES string of the molecule is CC(=O)[C@H](Cc1ccccc1)NCC(=O)[C@@H](N)C(C)(C)SSC(C)(C)CC(N)=O. The van der Waals surface area contributed by atoms with Gasteiger partial charge < -0.3 is 16.8 Å². The van der Waals surface area contributed by atoms with Gasteiger partial charge in [0.25, 0.3) is 0 Å². The highest BCUT2D eigenvalue weighted by Crippen LogP contribution is 2.46. The molecular weight excluding hydrogens is 406 g/mol. The second-order valence-electron chi connectivity index (χ2n) is 8.35. The van der Waals surface area contributed by atoms with Gasteiger partial charge in [0.1, 0.15) is 5.78 Å². The summed E-state index contributed by atoms with van der Waals surface area (Å²) < 4.78 is -0.909. The first-order valence-electron chi connectivity index (χ1n) is 9.55. The number of Topliss-reactive ketones (excluding diaryl/α,β-unsaturated/α-hetero) is 2. The molecular formula is C21H33N3O3S2. The Hall–Kier alpha value is -1.35. The van der Waals surface area contributed by atoms with Crippen molar-refractivity contribution in [2.24, 2.45) is 11.5 Å². The van der Waals surface area contributed by atoms with Crippen molar-refractivity contribution in [3.8, 4) is 0 Å². The lowest BCUT2D eigenvalue weighted by Gasteiger charge is -2.33. The fourth-order valence-corrected chi connectivity index (χ4v) is 5.34. The summed E-state index contributed by atoms with van der Waals surface area (Å²) in [5, 5.41) is 3.06. The summed E-state index contributed by atoms with van der Waals surface area (Å²) in [6.07, 6.45) is 0.763. The van der Waals surface area contributed by atoms with Gasteiger partial charge in [-0.2, -0.15) is 0 Å². The van der Waals surface area contributed by atoms with Crippen LogP contribution >= 0.6 is 21.6 Å². The van der Waals surface area contributed by atoms with E-state index in [1.807, 2.05) is 58.0 Å². The van der Waals surface area contributed by atoms with Crippen LogP contribution in [-0.2, 0) is 20.8 Å².